The third-order valence-electron chi connectivity index (χ3n) is 5.25. The Labute approximate surface area is 180 Å². The van der Waals surface area contributed by atoms with Crippen LogP contribution in [0.15, 0.2) is 42.9 Å². The van der Waals surface area contributed by atoms with Crippen LogP contribution in [0.1, 0.15) is 31.9 Å². The second kappa shape index (κ2) is 8.71. The molecule has 0 bridgehead atoms. The van der Waals surface area contributed by atoms with E-state index in [1.165, 1.54) is 12.1 Å². The Morgan fingerprint density at radius 2 is 1.94 bits per heavy atom. The van der Waals surface area contributed by atoms with Crippen LogP contribution in [0.25, 0.3) is 0 Å². The van der Waals surface area contributed by atoms with Crippen molar-refractivity contribution in [3.05, 3.63) is 59.8 Å². The van der Waals surface area contributed by atoms with Crippen molar-refractivity contribution in [2.45, 2.75) is 39.9 Å². The maximum Gasteiger partial charge on any atom is 0.246 e. The minimum absolute atomic E-state index is 0.0570. The molecule has 0 saturated heterocycles. The number of carbonyl (C=O) groups is 1. The fourth-order valence-electron chi connectivity index (χ4n) is 3.61. The normalized spacial score (nSPS) is 13.6. The van der Waals surface area contributed by atoms with Gasteiger partial charge in [-0.1, -0.05) is 12.1 Å². The maximum absolute atomic E-state index is 13.1. The van der Waals surface area contributed by atoms with Crippen LogP contribution in [-0.4, -0.2) is 44.8 Å². The Hall–Kier alpha value is -3.49. The summed E-state index contributed by atoms with van der Waals surface area (Å²) in [5.74, 6) is 1.07. The average Bonchev–Trinajstić information content (AvgIpc) is 3.20. The zero-order valence-corrected chi connectivity index (χ0v) is 17.9. The Kier molecular flexibility index (Phi) is 5.83. The molecule has 1 N–H and O–H groups in total. The molecule has 3 heterocycles. The van der Waals surface area contributed by atoms with E-state index in [2.05, 4.69) is 15.4 Å². The number of anilines is 3. The smallest absolute Gasteiger partial charge is 0.246 e. The largest absolute Gasteiger partial charge is 0.350 e. The first-order chi connectivity index (χ1) is 14.9. The van der Waals surface area contributed by atoms with E-state index >= 15 is 0 Å². The molecule has 9 heteroatoms. The van der Waals surface area contributed by atoms with Gasteiger partial charge in [-0.15, -0.1) is 0 Å². The van der Waals surface area contributed by atoms with Crippen LogP contribution in [0.3, 0.4) is 0 Å². The minimum atomic E-state index is -0.249. The fourth-order valence-corrected chi connectivity index (χ4v) is 3.61. The molecule has 0 atom stereocenters. The molecule has 0 saturated carbocycles. The number of carbonyl (C=O) groups excluding carboxylic acids is 1. The van der Waals surface area contributed by atoms with Crippen LogP contribution in [0.2, 0.25) is 0 Å². The fraction of sp³-hybridized carbons (Fsp3) is 0.364. The lowest BCUT2D eigenvalue weighted by atomic mass is 10.2. The van der Waals surface area contributed by atoms with Crippen LogP contribution in [0, 0.1) is 5.82 Å². The van der Waals surface area contributed by atoms with Crippen molar-refractivity contribution >= 4 is 23.4 Å². The molecule has 1 aliphatic rings. The lowest BCUT2D eigenvalue weighted by Gasteiger charge is -2.37. The van der Waals surface area contributed by atoms with Crippen LogP contribution in [-0.2, 0) is 17.9 Å². The van der Waals surface area contributed by atoms with E-state index < -0.39 is 0 Å². The van der Waals surface area contributed by atoms with Crippen molar-refractivity contribution in [3.8, 4) is 0 Å². The molecular formula is C22H26FN7O. The van der Waals surface area contributed by atoms with Crippen LogP contribution < -0.4 is 15.1 Å². The van der Waals surface area contributed by atoms with Crippen LogP contribution >= 0.6 is 0 Å². The van der Waals surface area contributed by atoms with Gasteiger partial charge in [0.05, 0.1) is 25.5 Å². The number of likely N-dealkylation sites (N-methyl/N-ethyl adjacent to an activating group) is 1. The highest BCUT2D eigenvalue weighted by atomic mass is 19.1. The quantitative estimate of drug-likeness (QED) is 0.629. The van der Waals surface area contributed by atoms with Gasteiger partial charge in [-0.05, 0) is 38.5 Å². The molecule has 162 valence electrons. The lowest BCUT2D eigenvalue weighted by Crippen LogP contribution is -2.48. The summed E-state index contributed by atoms with van der Waals surface area (Å²) < 4.78 is 14.9. The van der Waals surface area contributed by atoms with Gasteiger partial charge in [0, 0.05) is 30.9 Å². The second-order valence-electron chi connectivity index (χ2n) is 7.79. The third-order valence-corrected chi connectivity index (χ3v) is 5.25. The van der Waals surface area contributed by atoms with Gasteiger partial charge in [0.2, 0.25) is 11.9 Å². The molecular weight excluding hydrogens is 397 g/mol. The Morgan fingerprint density at radius 3 is 2.65 bits per heavy atom. The van der Waals surface area contributed by atoms with Crippen molar-refractivity contribution in [1.82, 2.24) is 19.7 Å². The summed E-state index contributed by atoms with van der Waals surface area (Å²) in [6.07, 6.45) is 5.43. The molecule has 0 aliphatic carbocycles. The summed E-state index contributed by atoms with van der Waals surface area (Å²) >= 11 is 0. The van der Waals surface area contributed by atoms with Crippen molar-refractivity contribution < 1.29 is 9.18 Å². The second-order valence-corrected chi connectivity index (χ2v) is 7.79. The summed E-state index contributed by atoms with van der Waals surface area (Å²) in [5, 5.41) is 7.61. The predicted octanol–water partition coefficient (Wildman–Crippen LogP) is 3.05. The standard InChI is InChI=1S/C22H26FN7O/c1-4-29-19-11-25-22(27-21(19)30(15(2)3)14-20(29)31)24-9-17-10-26-28(13-17)12-16-5-7-18(23)8-6-16/h5-8,10-11,13,15H,4,9,12,14H2,1-3H3,(H,24,25,27). The van der Waals surface area contributed by atoms with E-state index in [1.54, 1.807) is 29.4 Å². The lowest BCUT2D eigenvalue weighted by molar-refractivity contribution is -0.117. The summed E-state index contributed by atoms with van der Waals surface area (Å²) in [6, 6.07) is 6.54. The summed E-state index contributed by atoms with van der Waals surface area (Å²) in [6.45, 7) is 8.02. The molecule has 0 fully saturated rings. The highest BCUT2D eigenvalue weighted by molar-refractivity contribution is 6.02. The van der Waals surface area contributed by atoms with Crippen LogP contribution in [0.4, 0.5) is 21.8 Å². The molecule has 31 heavy (non-hydrogen) atoms. The van der Waals surface area contributed by atoms with E-state index in [9.17, 15) is 9.18 Å². The molecule has 0 spiro atoms. The molecule has 2 aromatic heterocycles. The molecule has 8 nitrogen and oxygen atoms in total. The van der Waals surface area contributed by atoms with Crippen molar-refractivity contribution in [3.63, 3.8) is 0 Å². The maximum atomic E-state index is 13.1. The first-order valence-electron chi connectivity index (χ1n) is 10.4. The van der Waals surface area contributed by atoms with Gasteiger partial charge in [-0.2, -0.15) is 10.1 Å². The molecule has 0 unspecified atom stereocenters. The third kappa shape index (κ3) is 4.50. The number of aromatic nitrogens is 4. The van der Waals surface area contributed by atoms with E-state index in [-0.39, 0.29) is 17.8 Å². The summed E-state index contributed by atoms with van der Waals surface area (Å²) in [4.78, 5) is 25.3. The van der Waals surface area contributed by atoms with Gasteiger partial charge in [0.15, 0.2) is 5.82 Å². The summed E-state index contributed by atoms with van der Waals surface area (Å²) in [7, 11) is 0. The zero-order valence-electron chi connectivity index (χ0n) is 17.9. The van der Waals surface area contributed by atoms with E-state index in [0.29, 0.717) is 32.1 Å². The van der Waals surface area contributed by atoms with E-state index in [4.69, 9.17) is 4.98 Å². The highest BCUT2D eigenvalue weighted by Crippen LogP contribution is 2.33. The molecule has 4 rings (SSSR count). The number of nitrogens with one attached hydrogen (secondary N) is 1. The number of hydrogen-bond donors (Lipinski definition) is 1. The van der Waals surface area contributed by atoms with E-state index in [0.717, 1.165) is 22.6 Å². The van der Waals surface area contributed by atoms with E-state index in [1.807, 2.05) is 36.5 Å². The Morgan fingerprint density at radius 1 is 1.16 bits per heavy atom. The first kappa shape index (κ1) is 20.8. The van der Waals surface area contributed by atoms with Gasteiger partial charge in [0.1, 0.15) is 11.5 Å². The molecule has 3 aromatic rings. The number of hydrogen-bond acceptors (Lipinski definition) is 6. The predicted molar refractivity (Wildman–Crippen MR) is 118 cm³/mol. The molecule has 1 aromatic carbocycles. The van der Waals surface area contributed by atoms with Crippen molar-refractivity contribution in [1.29, 1.82) is 0 Å². The average molecular weight is 423 g/mol. The van der Waals surface area contributed by atoms with Gasteiger partial charge in [-0.3, -0.25) is 9.48 Å². The zero-order chi connectivity index (χ0) is 22.0. The monoisotopic (exact) mass is 423 g/mol. The van der Waals surface area contributed by atoms with Gasteiger partial charge in [0.25, 0.3) is 0 Å². The van der Waals surface area contributed by atoms with Crippen molar-refractivity contribution in [2.24, 2.45) is 0 Å². The van der Waals surface area contributed by atoms with Crippen LogP contribution in [0.5, 0.6) is 0 Å². The topological polar surface area (TPSA) is 79.2 Å². The van der Waals surface area contributed by atoms with Crippen molar-refractivity contribution in [2.75, 3.05) is 28.2 Å². The number of rotatable bonds is 7. The number of fused-ring (bicyclic) bond motifs is 1. The van der Waals surface area contributed by atoms with Gasteiger partial charge >= 0.3 is 0 Å². The molecule has 1 amide bonds. The summed E-state index contributed by atoms with van der Waals surface area (Å²) in [5.41, 5.74) is 2.70. The minimum Gasteiger partial charge on any atom is -0.350 e. The number of halogens is 1. The Balaban J connectivity index is 1.46. The first-order valence-corrected chi connectivity index (χ1v) is 10.4. The number of amides is 1. The number of benzene rings is 1. The SMILES string of the molecule is CCN1C(=O)CN(C(C)C)c2nc(NCc3cnn(Cc4ccc(F)cc4)c3)ncc21. The molecule has 1 aliphatic heterocycles. The van der Waals surface area contributed by atoms with Gasteiger partial charge < -0.3 is 15.1 Å². The Bertz CT molecular complexity index is 1060. The number of nitrogens with zero attached hydrogens (tertiary/aromatic N) is 6. The molecule has 0 radical (unpaired) electrons. The highest BCUT2D eigenvalue weighted by Gasteiger charge is 2.31. The van der Waals surface area contributed by atoms with Gasteiger partial charge in [-0.25, -0.2) is 9.37 Å².